The largest absolute Gasteiger partial charge is 0.384 e. The van der Waals surface area contributed by atoms with E-state index in [1.165, 1.54) is 6.42 Å². The summed E-state index contributed by atoms with van der Waals surface area (Å²) in [5, 5.41) is 3.33. The molecule has 0 bridgehead atoms. The first kappa shape index (κ1) is 14.8. The van der Waals surface area contributed by atoms with E-state index in [-0.39, 0.29) is 5.91 Å². The molecule has 1 N–H and O–H groups in total. The molecule has 2 rings (SSSR count). The van der Waals surface area contributed by atoms with Gasteiger partial charge in [-0.1, -0.05) is 13.8 Å². The lowest BCUT2D eigenvalue weighted by atomic mass is 9.99. The molecule has 1 saturated heterocycles. The Balaban J connectivity index is 2.19. The monoisotopic (exact) mass is 275 g/mol. The fraction of sp³-hybridized carbons (Fsp3) is 0.625. The molecule has 0 aromatic carbocycles. The van der Waals surface area contributed by atoms with E-state index < -0.39 is 0 Å². The molecule has 110 valence electrons. The molecule has 0 spiro atoms. The molecule has 1 aliphatic heterocycles. The van der Waals surface area contributed by atoms with Crippen LogP contribution in [0.4, 0.5) is 5.69 Å². The van der Waals surface area contributed by atoms with Crippen molar-refractivity contribution in [3.63, 3.8) is 0 Å². The van der Waals surface area contributed by atoms with Gasteiger partial charge >= 0.3 is 0 Å². The maximum Gasteiger partial charge on any atom is 0.257 e. The Labute approximate surface area is 121 Å². The molecule has 1 aromatic heterocycles. The third-order valence-electron chi connectivity index (χ3n) is 3.98. The lowest BCUT2D eigenvalue weighted by Crippen LogP contribution is -2.43. The molecule has 1 unspecified atom stereocenters. The molecule has 1 fully saturated rings. The predicted molar refractivity (Wildman–Crippen MR) is 82.0 cm³/mol. The third kappa shape index (κ3) is 3.30. The zero-order valence-electron chi connectivity index (χ0n) is 12.6. The maximum absolute atomic E-state index is 12.8. The topological polar surface area (TPSA) is 45.2 Å². The van der Waals surface area contributed by atoms with Crippen LogP contribution in [0.3, 0.4) is 0 Å². The SMILES string of the molecule is CCCNc1ccncc1C(=O)N1CCCCC1CC. The summed E-state index contributed by atoms with van der Waals surface area (Å²) in [6, 6.07) is 2.28. The van der Waals surface area contributed by atoms with E-state index >= 15 is 0 Å². The van der Waals surface area contributed by atoms with Gasteiger partial charge in [-0.05, 0) is 38.2 Å². The van der Waals surface area contributed by atoms with Crippen LogP contribution >= 0.6 is 0 Å². The number of carbonyl (C=O) groups is 1. The molecule has 1 aromatic rings. The zero-order valence-corrected chi connectivity index (χ0v) is 12.6. The van der Waals surface area contributed by atoms with Gasteiger partial charge in [0, 0.05) is 31.5 Å². The second kappa shape index (κ2) is 7.27. The van der Waals surface area contributed by atoms with Crippen LogP contribution in [0.2, 0.25) is 0 Å². The van der Waals surface area contributed by atoms with Crippen LogP contribution in [-0.4, -0.2) is 34.9 Å². The summed E-state index contributed by atoms with van der Waals surface area (Å²) >= 11 is 0. The number of nitrogens with one attached hydrogen (secondary N) is 1. The number of hydrogen-bond acceptors (Lipinski definition) is 3. The minimum Gasteiger partial charge on any atom is -0.384 e. The Morgan fingerprint density at radius 3 is 3.05 bits per heavy atom. The molecular weight excluding hydrogens is 250 g/mol. The van der Waals surface area contributed by atoms with Crippen molar-refractivity contribution in [1.29, 1.82) is 0 Å². The summed E-state index contributed by atoms with van der Waals surface area (Å²) in [5.74, 6) is 0.128. The Morgan fingerprint density at radius 2 is 2.30 bits per heavy atom. The summed E-state index contributed by atoms with van der Waals surface area (Å²) < 4.78 is 0. The first-order chi connectivity index (χ1) is 9.77. The molecular formula is C16H25N3O. The number of hydrogen-bond donors (Lipinski definition) is 1. The Morgan fingerprint density at radius 1 is 1.45 bits per heavy atom. The number of anilines is 1. The number of rotatable bonds is 5. The van der Waals surface area contributed by atoms with Crippen molar-refractivity contribution in [3.05, 3.63) is 24.0 Å². The minimum atomic E-state index is 0.128. The highest BCUT2D eigenvalue weighted by molar-refractivity contribution is 5.99. The van der Waals surface area contributed by atoms with Gasteiger partial charge in [-0.15, -0.1) is 0 Å². The fourth-order valence-corrected chi connectivity index (χ4v) is 2.83. The summed E-state index contributed by atoms with van der Waals surface area (Å²) in [7, 11) is 0. The minimum absolute atomic E-state index is 0.128. The van der Waals surface area contributed by atoms with Crippen LogP contribution in [0, 0.1) is 0 Å². The first-order valence-electron chi connectivity index (χ1n) is 7.76. The lowest BCUT2D eigenvalue weighted by molar-refractivity contribution is 0.0608. The van der Waals surface area contributed by atoms with Crippen LogP contribution in [0.1, 0.15) is 56.3 Å². The molecule has 1 amide bonds. The fourth-order valence-electron chi connectivity index (χ4n) is 2.83. The van der Waals surface area contributed by atoms with Gasteiger partial charge in [0.1, 0.15) is 0 Å². The van der Waals surface area contributed by atoms with Gasteiger partial charge in [0.15, 0.2) is 0 Å². The van der Waals surface area contributed by atoms with Crippen molar-refractivity contribution in [2.24, 2.45) is 0 Å². The van der Waals surface area contributed by atoms with Crippen LogP contribution < -0.4 is 5.32 Å². The highest BCUT2D eigenvalue weighted by Gasteiger charge is 2.27. The number of aromatic nitrogens is 1. The van der Waals surface area contributed by atoms with E-state index in [1.807, 2.05) is 11.0 Å². The molecule has 4 nitrogen and oxygen atoms in total. The molecule has 1 atom stereocenters. The Hall–Kier alpha value is -1.58. The smallest absolute Gasteiger partial charge is 0.257 e. The van der Waals surface area contributed by atoms with E-state index in [9.17, 15) is 4.79 Å². The van der Waals surface area contributed by atoms with E-state index in [0.717, 1.165) is 44.5 Å². The van der Waals surface area contributed by atoms with E-state index in [1.54, 1.807) is 12.4 Å². The van der Waals surface area contributed by atoms with E-state index in [0.29, 0.717) is 11.6 Å². The number of pyridine rings is 1. The maximum atomic E-state index is 12.8. The Bertz CT molecular complexity index is 447. The molecule has 0 radical (unpaired) electrons. The summed E-state index contributed by atoms with van der Waals surface area (Å²) in [6.45, 7) is 6.03. The lowest BCUT2D eigenvalue weighted by Gasteiger charge is -2.35. The quantitative estimate of drug-likeness (QED) is 0.896. The Kier molecular flexibility index (Phi) is 5.39. The van der Waals surface area contributed by atoms with Crippen molar-refractivity contribution in [1.82, 2.24) is 9.88 Å². The molecule has 0 aliphatic carbocycles. The van der Waals surface area contributed by atoms with Gasteiger partial charge in [-0.2, -0.15) is 0 Å². The highest BCUT2D eigenvalue weighted by atomic mass is 16.2. The van der Waals surface area contributed by atoms with Gasteiger partial charge in [0.05, 0.1) is 11.3 Å². The standard InChI is InChI=1S/C16H25N3O/c1-3-9-18-15-8-10-17-12-14(15)16(20)19-11-6-5-7-13(19)4-2/h8,10,12-13H,3-7,9,11H2,1-2H3,(H,17,18). The predicted octanol–water partition coefficient (Wildman–Crippen LogP) is 3.31. The normalized spacial score (nSPS) is 18.9. The van der Waals surface area contributed by atoms with Gasteiger partial charge in [0.2, 0.25) is 0 Å². The van der Waals surface area contributed by atoms with Crippen molar-refractivity contribution in [2.75, 3.05) is 18.4 Å². The van der Waals surface area contributed by atoms with Crippen LogP contribution in [0.15, 0.2) is 18.5 Å². The average molecular weight is 275 g/mol. The van der Waals surface area contributed by atoms with Gasteiger partial charge in [0.25, 0.3) is 5.91 Å². The molecule has 4 heteroatoms. The second-order valence-electron chi connectivity index (χ2n) is 5.40. The zero-order chi connectivity index (χ0) is 14.4. The van der Waals surface area contributed by atoms with E-state index in [4.69, 9.17) is 0 Å². The number of likely N-dealkylation sites (tertiary alicyclic amines) is 1. The van der Waals surface area contributed by atoms with Crippen molar-refractivity contribution in [2.45, 2.75) is 52.0 Å². The highest BCUT2D eigenvalue weighted by Crippen LogP contribution is 2.24. The van der Waals surface area contributed by atoms with Crippen molar-refractivity contribution < 1.29 is 4.79 Å². The first-order valence-corrected chi connectivity index (χ1v) is 7.76. The van der Waals surface area contributed by atoms with Gasteiger partial charge in [-0.25, -0.2) is 0 Å². The van der Waals surface area contributed by atoms with E-state index in [2.05, 4.69) is 24.1 Å². The molecule has 1 aliphatic rings. The second-order valence-corrected chi connectivity index (χ2v) is 5.40. The third-order valence-corrected chi connectivity index (χ3v) is 3.98. The average Bonchev–Trinajstić information content (AvgIpc) is 2.52. The van der Waals surface area contributed by atoms with Crippen LogP contribution in [0.25, 0.3) is 0 Å². The number of piperidine rings is 1. The van der Waals surface area contributed by atoms with Crippen molar-refractivity contribution >= 4 is 11.6 Å². The van der Waals surface area contributed by atoms with Crippen molar-refractivity contribution in [3.8, 4) is 0 Å². The summed E-state index contributed by atoms with van der Waals surface area (Å²) in [6.07, 6.45) is 8.97. The number of carbonyl (C=O) groups excluding carboxylic acids is 1. The van der Waals surface area contributed by atoms with Gasteiger partial charge in [-0.3, -0.25) is 9.78 Å². The molecule has 2 heterocycles. The van der Waals surface area contributed by atoms with Crippen LogP contribution in [-0.2, 0) is 0 Å². The molecule has 20 heavy (non-hydrogen) atoms. The summed E-state index contributed by atoms with van der Waals surface area (Å²) in [4.78, 5) is 19.0. The van der Waals surface area contributed by atoms with Crippen LogP contribution in [0.5, 0.6) is 0 Å². The number of amides is 1. The number of nitrogens with zero attached hydrogens (tertiary/aromatic N) is 2. The summed E-state index contributed by atoms with van der Waals surface area (Å²) in [5.41, 5.74) is 1.62. The van der Waals surface area contributed by atoms with Gasteiger partial charge < -0.3 is 10.2 Å². The molecule has 0 saturated carbocycles.